The fraction of sp³-hybridized carbons (Fsp3) is 0.409. The van der Waals surface area contributed by atoms with Crippen molar-refractivity contribution in [2.24, 2.45) is 0 Å². The van der Waals surface area contributed by atoms with Crippen LogP contribution in [-0.4, -0.2) is 44.9 Å². The zero-order chi connectivity index (χ0) is 21.2. The number of carbonyl (C=O) groups excluding carboxylic acids is 1. The smallest absolute Gasteiger partial charge is 0.251 e. The van der Waals surface area contributed by atoms with Gasteiger partial charge in [0.05, 0.1) is 24.2 Å². The first-order valence-corrected chi connectivity index (χ1v) is 11.2. The molecule has 29 heavy (non-hydrogen) atoms. The van der Waals surface area contributed by atoms with Crippen LogP contribution in [0.5, 0.6) is 0 Å². The van der Waals surface area contributed by atoms with E-state index in [9.17, 15) is 13.2 Å². The maximum absolute atomic E-state index is 13.0. The van der Waals surface area contributed by atoms with Crippen molar-refractivity contribution in [1.29, 1.82) is 0 Å². The van der Waals surface area contributed by atoms with Gasteiger partial charge in [0, 0.05) is 18.7 Å². The topological polar surface area (TPSA) is 75.7 Å². The van der Waals surface area contributed by atoms with Gasteiger partial charge in [-0.05, 0) is 62.1 Å². The summed E-state index contributed by atoms with van der Waals surface area (Å²) in [5.74, 6) is -0.297. The minimum Gasteiger partial charge on any atom is -0.379 e. The third-order valence-electron chi connectivity index (χ3n) is 5.42. The standard InChI is InChI=1S/C22H28N2O4S/c1-15-5-7-19(13-17(15)3)18(4)23-22(25)20-8-6-16(2)21(14-20)29(26,27)24-9-11-28-12-10-24/h5-8,13-14,18H,9-12H2,1-4H3,(H,23,25)/t18-/m1/s1. The SMILES string of the molecule is Cc1ccc([C@@H](C)NC(=O)c2ccc(C)c(S(=O)(=O)N3CCOCC3)c2)cc1C. The average molecular weight is 417 g/mol. The van der Waals surface area contributed by atoms with Crippen molar-refractivity contribution in [3.8, 4) is 0 Å². The van der Waals surface area contributed by atoms with E-state index in [1.165, 1.54) is 15.9 Å². The van der Waals surface area contributed by atoms with Crippen molar-refractivity contribution in [3.05, 3.63) is 64.2 Å². The molecule has 1 fully saturated rings. The predicted octanol–water partition coefficient (Wildman–Crippen LogP) is 3.12. The first-order chi connectivity index (χ1) is 13.7. The van der Waals surface area contributed by atoms with Gasteiger partial charge in [0.1, 0.15) is 0 Å². The fourth-order valence-corrected chi connectivity index (χ4v) is 5.00. The number of hydrogen-bond donors (Lipinski definition) is 1. The highest BCUT2D eigenvalue weighted by Gasteiger charge is 2.28. The third kappa shape index (κ3) is 4.69. The fourth-order valence-electron chi connectivity index (χ4n) is 3.34. The summed E-state index contributed by atoms with van der Waals surface area (Å²) < 4.78 is 32.7. The molecule has 1 aliphatic heterocycles. The Morgan fingerprint density at radius 1 is 1.00 bits per heavy atom. The van der Waals surface area contributed by atoms with Crippen LogP contribution in [0.25, 0.3) is 0 Å². The minimum absolute atomic E-state index is 0.172. The highest BCUT2D eigenvalue weighted by Crippen LogP contribution is 2.23. The first kappa shape index (κ1) is 21.5. The molecular weight excluding hydrogens is 388 g/mol. The van der Waals surface area contributed by atoms with Crippen molar-refractivity contribution < 1.29 is 17.9 Å². The lowest BCUT2D eigenvalue weighted by atomic mass is 10.0. The molecule has 1 atom stereocenters. The van der Waals surface area contributed by atoms with Gasteiger partial charge >= 0.3 is 0 Å². The average Bonchev–Trinajstić information content (AvgIpc) is 2.70. The minimum atomic E-state index is -3.67. The molecule has 1 heterocycles. The van der Waals surface area contributed by atoms with Gasteiger partial charge in [0.15, 0.2) is 0 Å². The summed E-state index contributed by atoms with van der Waals surface area (Å²) in [7, 11) is -3.67. The summed E-state index contributed by atoms with van der Waals surface area (Å²) in [4.78, 5) is 13.0. The molecule has 0 aliphatic carbocycles. The Kier molecular flexibility index (Phi) is 6.41. The second kappa shape index (κ2) is 8.65. The van der Waals surface area contributed by atoms with Gasteiger partial charge in [-0.1, -0.05) is 24.3 Å². The zero-order valence-corrected chi connectivity index (χ0v) is 18.2. The number of amides is 1. The van der Waals surface area contributed by atoms with E-state index < -0.39 is 10.0 Å². The molecule has 0 unspecified atom stereocenters. The van der Waals surface area contributed by atoms with Crippen LogP contribution in [0.3, 0.4) is 0 Å². The summed E-state index contributed by atoms with van der Waals surface area (Å²) in [5, 5.41) is 2.97. The van der Waals surface area contributed by atoms with Crippen molar-refractivity contribution in [2.75, 3.05) is 26.3 Å². The zero-order valence-electron chi connectivity index (χ0n) is 17.4. The van der Waals surface area contributed by atoms with Crippen LogP contribution >= 0.6 is 0 Å². The highest BCUT2D eigenvalue weighted by molar-refractivity contribution is 7.89. The Balaban J connectivity index is 1.82. The van der Waals surface area contributed by atoms with E-state index in [4.69, 9.17) is 4.74 Å². The van der Waals surface area contributed by atoms with Gasteiger partial charge < -0.3 is 10.1 Å². The molecule has 156 valence electrons. The molecule has 1 N–H and O–H groups in total. The van der Waals surface area contributed by atoms with Crippen LogP contribution in [0.1, 0.15) is 45.6 Å². The van der Waals surface area contributed by atoms with Crippen LogP contribution < -0.4 is 5.32 Å². The quantitative estimate of drug-likeness (QED) is 0.813. The van der Waals surface area contributed by atoms with Crippen LogP contribution in [0.4, 0.5) is 0 Å². The first-order valence-electron chi connectivity index (χ1n) is 9.76. The monoisotopic (exact) mass is 416 g/mol. The summed E-state index contributed by atoms with van der Waals surface area (Å²) in [6.45, 7) is 9.15. The summed E-state index contributed by atoms with van der Waals surface area (Å²) in [6, 6.07) is 10.7. The molecule has 7 heteroatoms. The van der Waals surface area contributed by atoms with E-state index in [1.54, 1.807) is 19.1 Å². The number of carbonyl (C=O) groups is 1. The van der Waals surface area contributed by atoms with Gasteiger partial charge in [-0.2, -0.15) is 4.31 Å². The van der Waals surface area contributed by atoms with Gasteiger partial charge in [0.2, 0.25) is 10.0 Å². The largest absolute Gasteiger partial charge is 0.379 e. The number of nitrogens with zero attached hydrogens (tertiary/aromatic N) is 1. The van der Waals surface area contributed by atoms with Gasteiger partial charge in [0.25, 0.3) is 5.91 Å². The molecular formula is C22H28N2O4S. The maximum Gasteiger partial charge on any atom is 0.251 e. The summed E-state index contributed by atoms with van der Waals surface area (Å²) >= 11 is 0. The number of aryl methyl sites for hydroxylation is 3. The normalized spacial score (nSPS) is 16.4. The molecule has 2 aromatic rings. The van der Waals surface area contributed by atoms with Crippen molar-refractivity contribution in [2.45, 2.75) is 38.6 Å². The van der Waals surface area contributed by atoms with Gasteiger partial charge in [-0.15, -0.1) is 0 Å². The number of ether oxygens (including phenoxy) is 1. The Bertz CT molecular complexity index is 1010. The predicted molar refractivity (Wildman–Crippen MR) is 113 cm³/mol. The lowest BCUT2D eigenvalue weighted by Crippen LogP contribution is -2.41. The van der Waals surface area contributed by atoms with E-state index in [1.807, 2.05) is 32.9 Å². The Hall–Kier alpha value is -2.22. The molecule has 0 radical (unpaired) electrons. The Morgan fingerprint density at radius 3 is 2.31 bits per heavy atom. The van der Waals surface area contributed by atoms with Crippen LogP contribution in [0, 0.1) is 20.8 Å². The molecule has 1 amide bonds. The number of nitrogens with one attached hydrogen (secondary N) is 1. The van der Waals surface area contributed by atoms with E-state index >= 15 is 0 Å². The highest BCUT2D eigenvalue weighted by atomic mass is 32.2. The molecule has 1 aliphatic rings. The molecule has 0 aromatic heterocycles. The van der Waals surface area contributed by atoms with E-state index in [0.29, 0.717) is 37.4 Å². The van der Waals surface area contributed by atoms with Gasteiger partial charge in [-0.3, -0.25) is 4.79 Å². The van der Waals surface area contributed by atoms with Crippen molar-refractivity contribution in [3.63, 3.8) is 0 Å². The molecule has 0 spiro atoms. The van der Waals surface area contributed by atoms with Gasteiger partial charge in [-0.25, -0.2) is 8.42 Å². The van der Waals surface area contributed by atoms with Crippen LogP contribution in [0.15, 0.2) is 41.3 Å². The Morgan fingerprint density at radius 2 is 1.66 bits per heavy atom. The molecule has 3 rings (SSSR count). The summed E-state index contributed by atoms with van der Waals surface area (Å²) in [6.07, 6.45) is 0. The molecule has 0 saturated carbocycles. The second-order valence-corrected chi connectivity index (χ2v) is 9.44. The molecule has 2 aromatic carbocycles. The van der Waals surface area contributed by atoms with Crippen LogP contribution in [-0.2, 0) is 14.8 Å². The number of sulfonamides is 1. The lowest BCUT2D eigenvalue weighted by molar-refractivity contribution is 0.0730. The molecule has 0 bridgehead atoms. The Labute approximate surface area is 172 Å². The maximum atomic E-state index is 13.0. The number of rotatable bonds is 5. The lowest BCUT2D eigenvalue weighted by Gasteiger charge is -2.27. The van der Waals surface area contributed by atoms with Crippen LogP contribution in [0.2, 0.25) is 0 Å². The molecule has 1 saturated heterocycles. The summed E-state index contributed by atoms with van der Waals surface area (Å²) in [5.41, 5.74) is 4.32. The van der Waals surface area contributed by atoms with Crippen molar-refractivity contribution >= 4 is 15.9 Å². The number of benzene rings is 2. The second-order valence-electron chi connectivity index (χ2n) is 7.54. The molecule has 6 nitrogen and oxygen atoms in total. The third-order valence-corrected chi connectivity index (χ3v) is 7.46. The number of morpholine rings is 1. The van der Waals surface area contributed by atoms with E-state index in [-0.39, 0.29) is 16.8 Å². The van der Waals surface area contributed by atoms with E-state index in [2.05, 4.69) is 11.4 Å². The van der Waals surface area contributed by atoms with Crippen molar-refractivity contribution in [1.82, 2.24) is 9.62 Å². The van der Waals surface area contributed by atoms with E-state index in [0.717, 1.165) is 11.1 Å². The number of hydrogen-bond acceptors (Lipinski definition) is 4.